The molecule has 0 fully saturated rings. The van der Waals surface area contributed by atoms with Crippen molar-refractivity contribution in [3.05, 3.63) is 22.1 Å². The normalized spacial score (nSPS) is 13.4. The minimum atomic E-state index is -0.717. The molecule has 6 heteroatoms. The fourth-order valence-corrected chi connectivity index (χ4v) is 1.59. The molecule has 0 radical (unpaired) electrons. The van der Waals surface area contributed by atoms with Gasteiger partial charge in [-0.15, -0.1) is 10.2 Å². The third kappa shape index (κ3) is 1.48. The molecule has 0 aliphatic carbocycles. The molecule has 0 aromatic carbocycles. The first kappa shape index (κ1) is 10.3. The molecule has 0 aliphatic heterocycles. The van der Waals surface area contributed by atoms with E-state index < -0.39 is 6.10 Å². The van der Waals surface area contributed by atoms with Gasteiger partial charge >= 0.3 is 0 Å². The number of halogens is 1. The van der Waals surface area contributed by atoms with Crippen molar-refractivity contribution in [1.82, 2.24) is 19.8 Å². The summed E-state index contributed by atoms with van der Waals surface area (Å²) < 4.78 is 1.48. The Morgan fingerprint density at radius 2 is 1.93 bits per heavy atom. The molecule has 0 amide bonds. The van der Waals surface area contributed by atoms with Crippen molar-refractivity contribution in [3.8, 4) is 0 Å². The van der Waals surface area contributed by atoms with Gasteiger partial charge in [0.15, 0.2) is 16.6 Å². The maximum absolute atomic E-state index is 9.46. The van der Waals surface area contributed by atoms with Gasteiger partial charge in [0.05, 0.1) is 0 Å². The molecule has 2 rings (SSSR count). The van der Waals surface area contributed by atoms with Crippen LogP contribution in [0.5, 0.6) is 0 Å². The highest BCUT2D eigenvalue weighted by molar-refractivity contribution is 6.30. The lowest BCUT2D eigenvalue weighted by molar-refractivity contribution is 0.186. The van der Waals surface area contributed by atoms with E-state index in [0.29, 0.717) is 16.6 Å². The van der Waals surface area contributed by atoms with Crippen molar-refractivity contribution >= 4 is 17.2 Å². The van der Waals surface area contributed by atoms with E-state index in [-0.39, 0.29) is 0 Å². The van der Waals surface area contributed by atoms with Crippen molar-refractivity contribution in [2.24, 2.45) is 0 Å². The Bertz CT molecular complexity index is 520. The van der Waals surface area contributed by atoms with Crippen LogP contribution >= 0.6 is 11.6 Å². The zero-order valence-corrected chi connectivity index (χ0v) is 9.45. The average molecular weight is 227 g/mol. The Labute approximate surface area is 91.7 Å². The van der Waals surface area contributed by atoms with E-state index in [0.717, 1.165) is 11.1 Å². The fourth-order valence-electron chi connectivity index (χ4n) is 1.37. The van der Waals surface area contributed by atoms with E-state index in [9.17, 15) is 5.11 Å². The van der Waals surface area contributed by atoms with Crippen LogP contribution in [0.1, 0.15) is 30.0 Å². The number of nitrogens with zero attached hydrogens (tertiary/aromatic N) is 4. The molecule has 0 bridgehead atoms. The van der Waals surface area contributed by atoms with Crippen LogP contribution in [-0.4, -0.2) is 24.9 Å². The van der Waals surface area contributed by atoms with Gasteiger partial charge in [0, 0.05) is 5.56 Å². The first-order valence-corrected chi connectivity index (χ1v) is 4.96. The number of hydrogen-bond acceptors (Lipinski definition) is 4. The highest BCUT2D eigenvalue weighted by Gasteiger charge is 2.16. The number of aryl methyl sites for hydroxylation is 1. The maximum Gasteiger partial charge on any atom is 0.183 e. The molecule has 80 valence electrons. The molecule has 15 heavy (non-hydrogen) atoms. The molecular weight excluding hydrogens is 216 g/mol. The summed E-state index contributed by atoms with van der Waals surface area (Å²) >= 11 is 5.96. The van der Waals surface area contributed by atoms with Crippen molar-refractivity contribution in [1.29, 1.82) is 0 Å². The van der Waals surface area contributed by atoms with Gasteiger partial charge in [0.2, 0.25) is 0 Å². The van der Waals surface area contributed by atoms with Crippen LogP contribution in [0.15, 0.2) is 0 Å². The number of rotatable bonds is 1. The van der Waals surface area contributed by atoms with Gasteiger partial charge in [-0.3, -0.25) is 0 Å². The second kappa shape index (κ2) is 3.43. The van der Waals surface area contributed by atoms with Crippen molar-refractivity contribution in [2.45, 2.75) is 26.9 Å². The molecule has 1 unspecified atom stereocenters. The Hall–Kier alpha value is -1.20. The first-order chi connectivity index (χ1) is 7.02. The zero-order chi connectivity index (χ0) is 11.2. The minimum Gasteiger partial charge on any atom is -0.385 e. The Balaban J connectivity index is 2.83. The summed E-state index contributed by atoms with van der Waals surface area (Å²) in [7, 11) is 0. The molecule has 0 spiro atoms. The molecule has 1 atom stereocenters. The molecule has 0 aliphatic rings. The van der Waals surface area contributed by atoms with Crippen LogP contribution in [-0.2, 0) is 0 Å². The van der Waals surface area contributed by atoms with E-state index >= 15 is 0 Å². The van der Waals surface area contributed by atoms with E-state index in [4.69, 9.17) is 11.6 Å². The highest BCUT2D eigenvalue weighted by atomic mass is 35.5. The molecule has 2 aromatic rings. The summed E-state index contributed by atoms with van der Waals surface area (Å²) in [5.41, 5.74) is 2.44. The van der Waals surface area contributed by atoms with E-state index in [1.807, 2.05) is 13.8 Å². The van der Waals surface area contributed by atoms with Gasteiger partial charge in [-0.25, -0.2) is 0 Å². The van der Waals surface area contributed by atoms with Crippen LogP contribution in [0, 0.1) is 13.8 Å². The third-order valence-electron chi connectivity index (χ3n) is 2.43. The molecule has 0 saturated heterocycles. The summed E-state index contributed by atoms with van der Waals surface area (Å²) in [5, 5.41) is 21.8. The lowest BCUT2D eigenvalue weighted by Gasteiger charge is -2.05. The van der Waals surface area contributed by atoms with Crippen LogP contribution < -0.4 is 0 Å². The Morgan fingerprint density at radius 3 is 2.53 bits per heavy atom. The summed E-state index contributed by atoms with van der Waals surface area (Å²) in [5.74, 6) is 0.398. The molecule has 5 nitrogen and oxygen atoms in total. The van der Waals surface area contributed by atoms with Crippen molar-refractivity contribution in [2.75, 3.05) is 0 Å². The molecule has 1 N–H and O–H groups in total. The van der Waals surface area contributed by atoms with Crippen molar-refractivity contribution < 1.29 is 5.11 Å². The zero-order valence-electron chi connectivity index (χ0n) is 8.69. The lowest BCUT2D eigenvalue weighted by Crippen LogP contribution is -2.05. The fraction of sp³-hybridized carbons (Fsp3) is 0.444. The first-order valence-electron chi connectivity index (χ1n) is 4.58. The number of aliphatic hydroxyl groups excluding tert-OH is 1. The lowest BCUT2D eigenvalue weighted by atomic mass is 10.2. The largest absolute Gasteiger partial charge is 0.385 e. The molecule has 0 saturated carbocycles. The highest BCUT2D eigenvalue weighted by Crippen LogP contribution is 2.21. The summed E-state index contributed by atoms with van der Waals surface area (Å²) in [6.45, 7) is 5.39. The summed E-state index contributed by atoms with van der Waals surface area (Å²) in [6, 6.07) is 0. The molecular formula is C9H11ClN4O. The van der Waals surface area contributed by atoms with E-state index in [1.54, 1.807) is 6.92 Å². The summed E-state index contributed by atoms with van der Waals surface area (Å²) in [4.78, 5) is 0. The van der Waals surface area contributed by atoms with Gasteiger partial charge in [-0.2, -0.15) is 9.61 Å². The Kier molecular flexibility index (Phi) is 2.36. The van der Waals surface area contributed by atoms with E-state index in [1.165, 1.54) is 4.52 Å². The number of aliphatic hydroxyl groups is 1. The average Bonchev–Trinajstić information content (AvgIpc) is 2.58. The smallest absolute Gasteiger partial charge is 0.183 e. The number of fused-ring (bicyclic) bond motifs is 1. The minimum absolute atomic E-state index is 0.398. The second-order valence-electron chi connectivity index (χ2n) is 3.51. The van der Waals surface area contributed by atoms with Crippen molar-refractivity contribution in [3.63, 3.8) is 0 Å². The molecule has 2 aromatic heterocycles. The van der Waals surface area contributed by atoms with Gasteiger partial charge in [-0.05, 0) is 26.3 Å². The van der Waals surface area contributed by atoms with Crippen LogP contribution in [0.25, 0.3) is 5.65 Å². The maximum atomic E-state index is 9.46. The number of hydrogen-bond donors (Lipinski definition) is 1. The van der Waals surface area contributed by atoms with Crippen LogP contribution in [0.4, 0.5) is 0 Å². The SMILES string of the molecule is Cc1c(Cl)nn2c(C(C)O)nnc2c1C. The third-order valence-corrected chi connectivity index (χ3v) is 2.79. The standard InChI is InChI=1S/C9H11ClN4O/c1-4-5(2)8-11-12-9(6(3)15)14(8)13-7(4)10/h6,15H,1-3H3. The topological polar surface area (TPSA) is 63.3 Å². The number of aromatic nitrogens is 4. The van der Waals surface area contributed by atoms with E-state index in [2.05, 4.69) is 15.3 Å². The predicted molar refractivity (Wildman–Crippen MR) is 55.9 cm³/mol. The van der Waals surface area contributed by atoms with Crippen LogP contribution in [0.2, 0.25) is 5.15 Å². The van der Waals surface area contributed by atoms with Gasteiger partial charge in [0.1, 0.15) is 6.10 Å². The quantitative estimate of drug-likeness (QED) is 0.800. The van der Waals surface area contributed by atoms with Crippen LogP contribution in [0.3, 0.4) is 0 Å². The Morgan fingerprint density at radius 1 is 1.27 bits per heavy atom. The molecule has 2 heterocycles. The van der Waals surface area contributed by atoms with Gasteiger partial charge < -0.3 is 5.11 Å². The second-order valence-corrected chi connectivity index (χ2v) is 3.87. The monoisotopic (exact) mass is 226 g/mol. The van der Waals surface area contributed by atoms with Gasteiger partial charge in [-0.1, -0.05) is 11.6 Å². The predicted octanol–water partition coefficient (Wildman–Crippen LogP) is 1.45. The summed E-state index contributed by atoms with van der Waals surface area (Å²) in [6.07, 6.45) is -0.717. The van der Waals surface area contributed by atoms with Gasteiger partial charge in [0.25, 0.3) is 0 Å².